The van der Waals surface area contributed by atoms with Gasteiger partial charge in [-0.2, -0.15) is 0 Å². The minimum Gasteiger partial charge on any atom is -0.335 e. The molecule has 1 aromatic carbocycles. The summed E-state index contributed by atoms with van der Waals surface area (Å²) in [5, 5.41) is 0. The first-order valence-electron chi connectivity index (χ1n) is 4.72. The number of hydrogen-bond acceptors (Lipinski definition) is 2. The number of hydrogen-bond donors (Lipinski definition) is 2. The van der Waals surface area contributed by atoms with Crippen molar-refractivity contribution in [2.24, 2.45) is 5.73 Å². The van der Waals surface area contributed by atoms with Crippen molar-refractivity contribution in [2.45, 2.75) is 13.5 Å². The molecule has 0 aliphatic rings. The van der Waals surface area contributed by atoms with Gasteiger partial charge in [0.1, 0.15) is 16.1 Å². The number of nitrogens with one attached hydrogen (secondary N) is 1. The second-order valence-electron chi connectivity index (χ2n) is 3.42. The SMILES string of the molecule is Cc1ccc(-c2nc(CN)[nH]c2Br)cc1. The number of nitrogens with two attached hydrogens (primary N) is 1. The Labute approximate surface area is 96.9 Å². The van der Waals surface area contributed by atoms with E-state index in [-0.39, 0.29) is 0 Å². The fourth-order valence-electron chi connectivity index (χ4n) is 1.40. The van der Waals surface area contributed by atoms with Gasteiger partial charge in [-0.15, -0.1) is 0 Å². The molecule has 0 radical (unpaired) electrons. The maximum atomic E-state index is 5.52. The zero-order valence-corrected chi connectivity index (χ0v) is 10.0. The van der Waals surface area contributed by atoms with Crippen LogP contribution in [0.4, 0.5) is 0 Å². The van der Waals surface area contributed by atoms with Crippen molar-refractivity contribution in [1.29, 1.82) is 0 Å². The van der Waals surface area contributed by atoms with E-state index in [0.29, 0.717) is 6.54 Å². The minimum atomic E-state index is 0.421. The average molecular weight is 266 g/mol. The molecule has 1 heterocycles. The molecule has 3 nitrogen and oxygen atoms in total. The van der Waals surface area contributed by atoms with E-state index in [2.05, 4.69) is 57.1 Å². The largest absolute Gasteiger partial charge is 0.335 e. The zero-order valence-electron chi connectivity index (χ0n) is 8.42. The summed E-state index contributed by atoms with van der Waals surface area (Å²) in [4.78, 5) is 7.49. The first kappa shape index (κ1) is 10.4. The molecule has 0 amide bonds. The second kappa shape index (κ2) is 4.16. The highest BCUT2D eigenvalue weighted by Gasteiger charge is 2.08. The van der Waals surface area contributed by atoms with Crippen LogP contribution >= 0.6 is 15.9 Å². The third-order valence-electron chi connectivity index (χ3n) is 2.23. The first-order chi connectivity index (χ1) is 7.20. The number of aromatic amines is 1. The quantitative estimate of drug-likeness (QED) is 0.877. The van der Waals surface area contributed by atoms with E-state index in [1.165, 1.54) is 5.56 Å². The molecule has 0 aliphatic heterocycles. The highest BCUT2D eigenvalue weighted by atomic mass is 79.9. The Balaban J connectivity index is 2.44. The van der Waals surface area contributed by atoms with Crippen molar-refractivity contribution in [3.05, 3.63) is 40.3 Å². The number of aromatic nitrogens is 2. The Morgan fingerprint density at radius 2 is 2.00 bits per heavy atom. The number of nitrogens with zero attached hydrogens (tertiary/aromatic N) is 1. The predicted molar refractivity (Wildman–Crippen MR) is 64.4 cm³/mol. The summed E-state index contributed by atoms with van der Waals surface area (Å²) in [5.74, 6) is 0.789. The highest BCUT2D eigenvalue weighted by Crippen LogP contribution is 2.25. The molecule has 3 N–H and O–H groups in total. The van der Waals surface area contributed by atoms with E-state index in [0.717, 1.165) is 21.7 Å². The van der Waals surface area contributed by atoms with Crippen LogP contribution in [0, 0.1) is 6.92 Å². The molecule has 0 atom stereocenters. The summed E-state index contributed by atoms with van der Waals surface area (Å²) in [6.07, 6.45) is 0. The molecule has 2 aromatic rings. The van der Waals surface area contributed by atoms with E-state index in [1.807, 2.05) is 0 Å². The van der Waals surface area contributed by atoms with Gasteiger partial charge in [0.25, 0.3) is 0 Å². The van der Waals surface area contributed by atoms with Crippen molar-refractivity contribution in [1.82, 2.24) is 9.97 Å². The fourth-order valence-corrected chi connectivity index (χ4v) is 1.94. The first-order valence-corrected chi connectivity index (χ1v) is 5.51. The molecular weight excluding hydrogens is 254 g/mol. The smallest absolute Gasteiger partial charge is 0.121 e. The Hall–Kier alpha value is -1.13. The Bertz CT molecular complexity index is 459. The maximum Gasteiger partial charge on any atom is 0.121 e. The lowest BCUT2D eigenvalue weighted by Crippen LogP contribution is -1.97. The zero-order chi connectivity index (χ0) is 10.8. The van der Waals surface area contributed by atoms with Crippen LogP contribution < -0.4 is 5.73 Å². The van der Waals surface area contributed by atoms with Crippen molar-refractivity contribution < 1.29 is 0 Å². The summed E-state index contributed by atoms with van der Waals surface area (Å²) in [5.41, 5.74) is 8.76. The summed E-state index contributed by atoms with van der Waals surface area (Å²) < 4.78 is 0.881. The van der Waals surface area contributed by atoms with Crippen LogP contribution in [-0.4, -0.2) is 9.97 Å². The predicted octanol–water partition coefficient (Wildman–Crippen LogP) is 2.61. The minimum absolute atomic E-state index is 0.421. The van der Waals surface area contributed by atoms with Crippen LogP contribution in [0.25, 0.3) is 11.3 Å². The lowest BCUT2D eigenvalue weighted by molar-refractivity contribution is 0.947. The molecule has 0 unspecified atom stereocenters. The van der Waals surface area contributed by atoms with Crippen LogP contribution in [0.5, 0.6) is 0 Å². The van der Waals surface area contributed by atoms with E-state index in [4.69, 9.17) is 5.73 Å². The molecule has 0 saturated heterocycles. The van der Waals surface area contributed by atoms with Crippen LogP contribution in [0.2, 0.25) is 0 Å². The molecule has 15 heavy (non-hydrogen) atoms. The number of benzene rings is 1. The topological polar surface area (TPSA) is 54.7 Å². The monoisotopic (exact) mass is 265 g/mol. The van der Waals surface area contributed by atoms with Gasteiger partial charge in [-0.05, 0) is 22.9 Å². The molecule has 78 valence electrons. The van der Waals surface area contributed by atoms with Gasteiger partial charge in [-0.3, -0.25) is 0 Å². The van der Waals surface area contributed by atoms with Crippen molar-refractivity contribution in [3.63, 3.8) is 0 Å². The van der Waals surface area contributed by atoms with Crippen LogP contribution in [0.3, 0.4) is 0 Å². The average Bonchev–Trinajstić information content (AvgIpc) is 2.61. The van der Waals surface area contributed by atoms with Crippen molar-refractivity contribution in [2.75, 3.05) is 0 Å². The highest BCUT2D eigenvalue weighted by molar-refractivity contribution is 9.10. The van der Waals surface area contributed by atoms with E-state index >= 15 is 0 Å². The summed E-state index contributed by atoms with van der Waals surface area (Å²) in [6, 6.07) is 8.24. The molecule has 4 heteroatoms. The summed E-state index contributed by atoms with van der Waals surface area (Å²) in [6.45, 7) is 2.49. The number of rotatable bonds is 2. The van der Waals surface area contributed by atoms with Gasteiger partial charge in [-0.25, -0.2) is 4.98 Å². The van der Waals surface area contributed by atoms with Crippen LogP contribution in [0.15, 0.2) is 28.9 Å². The van der Waals surface area contributed by atoms with Gasteiger partial charge in [0, 0.05) is 5.56 Å². The van der Waals surface area contributed by atoms with Gasteiger partial charge < -0.3 is 10.7 Å². The number of halogens is 1. The van der Waals surface area contributed by atoms with E-state index in [1.54, 1.807) is 0 Å². The summed E-state index contributed by atoms with van der Waals surface area (Å²) >= 11 is 3.44. The van der Waals surface area contributed by atoms with Gasteiger partial charge >= 0.3 is 0 Å². The van der Waals surface area contributed by atoms with Crippen molar-refractivity contribution >= 4 is 15.9 Å². The van der Waals surface area contributed by atoms with Gasteiger partial charge in [0.2, 0.25) is 0 Å². The second-order valence-corrected chi connectivity index (χ2v) is 4.21. The van der Waals surface area contributed by atoms with Gasteiger partial charge in [-0.1, -0.05) is 29.8 Å². The van der Waals surface area contributed by atoms with Crippen LogP contribution in [-0.2, 0) is 6.54 Å². The maximum absolute atomic E-state index is 5.52. The number of imidazole rings is 1. The molecule has 0 fully saturated rings. The van der Waals surface area contributed by atoms with Gasteiger partial charge in [0.05, 0.1) is 6.54 Å². The van der Waals surface area contributed by atoms with E-state index < -0.39 is 0 Å². The number of aryl methyl sites for hydroxylation is 1. The Morgan fingerprint density at radius 3 is 2.53 bits per heavy atom. The van der Waals surface area contributed by atoms with E-state index in [9.17, 15) is 0 Å². The molecular formula is C11H12BrN3. The molecule has 0 saturated carbocycles. The standard InChI is InChI=1S/C11H12BrN3/c1-7-2-4-8(5-3-7)10-11(12)15-9(6-13)14-10/h2-5H,6,13H2,1H3,(H,14,15). The summed E-state index contributed by atoms with van der Waals surface area (Å²) in [7, 11) is 0. The normalized spacial score (nSPS) is 10.6. The lowest BCUT2D eigenvalue weighted by atomic mass is 10.1. The molecule has 0 spiro atoms. The Morgan fingerprint density at radius 1 is 1.33 bits per heavy atom. The third-order valence-corrected chi connectivity index (χ3v) is 2.80. The fraction of sp³-hybridized carbons (Fsp3) is 0.182. The van der Waals surface area contributed by atoms with Gasteiger partial charge in [0.15, 0.2) is 0 Å². The molecule has 0 bridgehead atoms. The third kappa shape index (κ3) is 2.11. The molecule has 0 aliphatic carbocycles. The number of H-pyrrole nitrogens is 1. The Kier molecular flexibility index (Phi) is 2.88. The molecule has 1 aromatic heterocycles. The van der Waals surface area contributed by atoms with Crippen molar-refractivity contribution in [3.8, 4) is 11.3 Å². The lowest BCUT2D eigenvalue weighted by Gasteiger charge is -1.98. The van der Waals surface area contributed by atoms with Crippen LogP contribution in [0.1, 0.15) is 11.4 Å². The molecule has 2 rings (SSSR count).